The molecule has 1 saturated heterocycles. The summed E-state index contributed by atoms with van der Waals surface area (Å²) >= 11 is 9.30. The Morgan fingerprint density at radius 2 is 2.35 bits per heavy atom. The summed E-state index contributed by atoms with van der Waals surface area (Å²) in [5.74, 6) is 0.00678. The minimum atomic E-state index is 0.00678. The third-order valence-corrected chi connectivity index (χ3v) is 4.00. The number of hydrogen-bond donors (Lipinski definition) is 1. The van der Waals surface area contributed by atoms with Gasteiger partial charge in [0, 0.05) is 28.6 Å². The molecular formula is C12H14BrClN2O. The Morgan fingerprint density at radius 3 is 3.06 bits per heavy atom. The second-order valence-electron chi connectivity index (χ2n) is 4.15. The lowest BCUT2D eigenvalue weighted by Gasteiger charge is -2.24. The van der Waals surface area contributed by atoms with E-state index in [-0.39, 0.29) is 11.9 Å². The Hall–Kier alpha value is -0.580. The van der Waals surface area contributed by atoms with Gasteiger partial charge in [0.05, 0.1) is 5.56 Å². The van der Waals surface area contributed by atoms with E-state index in [0.29, 0.717) is 17.1 Å². The van der Waals surface area contributed by atoms with Crippen LogP contribution in [0, 0.1) is 0 Å². The maximum atomic E-state index is 12.4. The highest BCUT2D eigenvalue weighted by molar-refractivity contribution is 9.10. The van der Waals surface area contributed by atoms with E-state index in [1.54, 1.807) is 18.2 Å². The van der Waals surface area contributed by atoms with Crippen LogP contribution in [-0.4, -0.2) is 29.9 Å². The molecule has 0 spiro atoms. The molecule has 1 aliphatic rings. The Labute approximate surface area is 114 Å². The predicted octanol–water partition coefficient (Wildman–Crippen LogP) is 2.67. The van der Waals surface area contributed by atoms with Crippen LogP contribution in [0.25, 0.3) is 0 Å². The van der Waals surface area contributed by atoms with Gasteiger partial charge in [-0.15, -0.1) is 0 Å². The second-order valence-corrected chi connectivity index (χ2v) is 5.45. The summed E-state index contributed by atoms with van der Waals surface area (Å²) in [6, 6.07) is 5.41. The van der Waals surface area contributed by atoms with Crippen molar-refractivity contribution >= 4 is 33.4 Å². The average Bonchev–Trinajstić information content (AvgIpc) is 2.79. The fraction of sp³-hybridized carbons (Fsp3) is 0.417. The van der Waals surface area contributed by atoms with Crippen LogP contribution in [0.15, 0.2) is 22.7 Å². The molecule has 92 valence electrons. The quantitative estimate of drug-likeness (QED) is 0.911. The van der Waals surface area contributed by atoms with Gasteiger partial charge in [-0.05, 0) is 47.0 Å². The van der Waals surface area contributed by atoms with Crippen LogP contribution in [0.2, 0.25) is 5.02 Å². The zero-order chi connectivity index (χ0) is 12.4. The van der Waals surface area contributed by atoms with E-state index in [0.717, 1.165) is 23.9 Å². The van der Waals surface area contributed by atoms with Crippen molar-refractivity contribution < 1.29 is 4.79 Å². The number of amides is 1. The highest BCUT2D eigenvalue weighted by Gasteiger charge is 2.29. The lowest BCUT2D eigenvalue weighted by Crippen LogP contribution is -2.40. The highest BCUT2D eigenvalue weighted by atomic mass is 79.9. The van der Waals surface area contributed by atoms with Crippen LogP contribution in [0.3, 0.4) is 0 Å². The molecule has 17 heavy (non-hydrogen) atoms. The maximum absolute atomic E-state index is 12.4. The molecule has 0 aromatic heterocycles. The van der Waals surface area contributed by atoms with Crippen LogP contribution in [0.4, 0.5) is 0 Å². The number of carbonyl (C=O) groups is 1. The largest absolute Gasteiger partial charge is 0.334 e. The van der Waals surface area contributed by atoms with E-state index in [9.17, 15) is 4.79 Å². The van der Waals surface area contributed by atoms with E-state index < -0.39 is 0 Å². The first-order valence-electron chi connectivity index (χ1n) is 5.59. The van der Waals surface area contributed by atoms with Gasteiger partial charge < -0.3 is 10.6 Å². The summed E-state index contributed by atoms with van der Waals surface area (Å²) in [4.78, 5) is 14.2. The van der Waals surface area contributed by atoms with Crippen molar-refractivity contribution in [3.63, 3.8) is 0 Å². The molecule has 1 atom stereocenters. The maximum Gasteiger partial charge on any atom is 0.255 e. The topological polar surface area (TPSA) is 46.3 Å². The van der Waals surface area contributed by atoms with Gasteiger partial charge in [-0.25, -0.2) is 0 Å². The lowest BCUT2D eigenvalue weighted by molar-refractivity contribution is 0.0740. The van der Waals surface area contributed by atoms with Gasteiger partial charge >= 0.3 is 0 Å². The number of nitrogens with zero attached hydrogens (tertiary/aromatic N) is 1. The third-order valence-electron chi connectivity index (χ3n) is 3.07. The number of rotatable bonds is 2. The fourth-order valence-electron chi connectivity index (χ4n) is 2.16. The molecule has 1 heterocycles. The predicted molar refractivity (Wildman–Crippen MR) is 72.3 cm³/mol. The van der Waals surface area contributed by atoms with Crippen molar-refractivity contribution in [3.8, 4) is 0 Å². The van der Waals surface area contributed by atoms with Crippen LogP contribution in [0.5, 0.6) is 0 Å². The van der Waals surface area contributed by atoms with E-state index in [4.69, 9.17) is 17.3 Å². The Morgan fingerprint density at radius 1 is 1.59 bits per heavy atom. The number of nitrogens with two attached hydrogens (primary N) is 1. The molecule has 3 nitrogen and oxygen atoms in total. The number of benzene rings is 1. The smallest absolute Gasteiger partial charge is 0.255 e. The summed E-state index contributed by atoms with van der Waals surface area (Å²) < 4.78 is 0.773. The average molecular weight is 318 g/mol. The van der Waals surface area contributed by atoms with Crippen LogP contribution in [-0.2, 0) is 0 Å². The lowest BCUT2D eigenvalue weighted by atomic mass is 10.1. The van der Waals surface area contributed by atoms with Crippen LogP contribution >= 0.6 is 27.5 Å². The molecule has 1 fully saturated rings. The van der Waals surface area contributed by atoms with Gasteiger partial charge in [0.15, 0.2) is 0 Å². The Kier molecular flexibility index (Phi) is 4.07. The first kappa shape index (κ1) is 12.9. The molecule has 1 aromatic rings. The molecule has 2 rings (SSSR count). The van der Waals surface area contributed by atoms with Crippen molar-refractivity contribution in [3.05, 3.63) is 33.3 Å². The van der Waals surface area contributed by atoms with Crippen LogP contribution < -0.4 is 5.73 Å². The molecule has 0 radical (unpaired) electrons. The van der Waals surface area contributed by atoms with Crippen LogP contribution in [0.1, 0.15) is 23.2 Å². The molecule has 2 N–H and O–H groups in total. The molecular weight excluding hydrogens is 304 g/mol. The molecule has 5 heteroatoms. The number of likely N-dealkylation sites (tertiary alicyclic amines) is 1. The van der Waals surface area contributed by atoms with E-state index >= 15 is 0 Å². The summed E-state index contributed by atoms with van der Waals surface area (Å²) in [5.41, 5.74) is 6.29. The van der Waals surface area contributed by atoms with E-state index in [1.165, 1.54) is 0 Å². The van der Waals surface area contributed by atoms with Crippen molar-refractivity contribution in [2.45, 2.75) is 18.9 Å². The van der Waals surface area contributed by atoms with Crippen molar-refractivity contribution in [2.75, 3.05) is 13.1 Å². The second kappa shape index (κ2) is 5.38. The minimum absolute atomic E-state index is 0.00678. The SMILES string of the molecule is NC[C@H]1CCCN1C(=O)c1cc(Cl)ccc1Br. The van der Waals surface area contributed by atoms with Crippen molar-refractivity contribution in [1.82, 2.24) is 4.90 Å². The molecule has 0 unspecified atom stereocenters. The monoisotopic (exact) mass is 316 g/mol. The molecule has 1 aliphatic heterocycles. The molecule has 0 bridgehead atoms. The van der Waals surface area contributed by atoms with Gasteiger partial charge in [-0.3, -0.25) is 4.79 Å². The van der Waals surface area contributed by atoms with Crippen molar-refractivity contribution in [2.24, 2.45) is 5.73 Å². The van der Waals surface area contributed by atoms with E-state index in [2.05, 4.69) is 15.9 Å². The summed E-state index contributed by atoms with van der Waals surface area (Å²) in [5, 5.41) is 0.569. The first-order chi connectivity index (χ1) is 8.13. The van der Waals surface area contributed by atoms with Gasteiger partial charge in [0.1, 0.15) is 0 Å². The number of hydrogen-bond acceptors (Lipinski definition) is 2. The van der Waals surface area contributed by atoms with Gasteiger partial charge in [0.25, 0.3) is 5.91 Å². The van der Waals surface area contributed by atoms with Gasteiger partial charge in [0.2, 0.25) is 0 Å². The van der Waals surface area contributed by atoms with E-state index in [1.807, 2.05) is 4.90 Å². The fourth-order valence-corrected chi connectivity index (χ4v) is 2.75. The summed E-state index contributed by atoms with van der Waals surface area (Å²) in [6.07, 6.45) is 2.01. The van der Waals surface area contributed by atoms with Gasteiger partial charge in [-0.2, -0.15) is 0 Å². The summed E-state index contributed by atoms with van der Waals surface area (Å²) in [7, 11) is 0. The zero-order valence-electron chi connectivity index (χ0n) is 9.33. The Balaban J connectivity index is 2.27. The van der Waals surface area contributed by atoms with Crippen molar-refractivity contribution in [1.29, 1.82) is 0 Å². The third kappa shape index (κ3) is 2.64. The zero-order valence-corrected chi connectivity index (χ0v) is 11.7. The highest BCUT2D eigenvalue weighted by Crippen LogP contribution is 2.26. The standard InChI is InChI=1S/C12H14BrClN2O/c13-11-4-3-8(14)6-10(11)12(17)16-5-1-2-9(16)7-15/h3-4,6,9H,1-2,5,7,15H2/t9-/m1/s1. The molecule has 0 saturated carbocycles. The molecule has 1 amide bonds. The minimum Gasteiger partial charge on any atom is -0.334 e. The molecule has 0 aliphatic carbocycles. The number of carbonyl (C=O) groups excluding carboxylic acids is 1. The first-order valence-corrected chi connectivity index (χ1v) is 6.76. The number of halogens is 2. The normalized spacial score (nSPS) is 19.7. The summed E-state index contributed by atoms with van der Waals surface area (Å²) in [6.45, 7) is 1.30. The Bertz CT molecular complexity index is 439. The molecule has 1 aromatic carbocycles. The van der Waals surface area contributed by atoms with Gasteiger partial charge in [-0.1, -0.05) is 11.6 Å².